The number of aromatic nitrogens is 2. The summed E-state index contributed by atoms with van der Waals surface area (Å²) in [5.41, 5.74) is 2.35. The Morgan fingerprint density at radius 3 is 2.73 bits per heavy atom. The smallest absolute Gasteiger partial charge is 0.319 e. The van der Waals surface area contributed by atoms with Crippen LogP contribution in [0.2, 0.25) is 5.28 Å². The number of hydrogen-bond donors (Lipinski definition) is 3. The Hall–Kier alpha value is -2.34. The van der Waals surface area contributed by atoms with Gasteiger partial charge in [-0.2, -0.15) is 0 Å². The summed E-state index contributed by atoms with van der Waals surface area (Å²) in [5.74, 6) is 0.629. The molecule has 1 heterocycles. The molecule has 0 spiro atoms. The molecule has 0 aliphatic carbocycles. The van der Waals surface area contributed by atoms with Crippen molar-refractivity contribution in [1.82, 2.24) is 15.3 Å². The first-order valence-corrected chi connectivity index (χ1v) is 7.25. The van der Waals surface area contributed by atoms with E-state index in [1.807, 2.05) is 45.0 Å². The molecule has 0 unspecified atom stereocenters. The number of benzene rings is 1. The molecule has 0 saturated heterocycles. The van der Waals surface area contributed by atoms with E-state index in [1.165, 1.54) is 0 Å². The Bertz CT molecular complexity index is 675. The van der Waals surface area contributed by atoms with E-state index in [-0.39, 0.29) is 17.4 Å². The van der Waals surface area contributed by atoms with E-state index in [0.29, 0.717) is 11.5 Å². The lowest BCUT2D eigenvalue weighted by molar-refractivity contribution is 0.250. The molecule has 22 heavy (non-hydrogen) atoms. The van der Waals surface area contributed by atoms with Crippen molar-refractivity contribution in [1.29, 1.82) is 0 Å². The van der Waals surface area contributed by atoms with Crippen molar-refractivity contribution in [2.75, 3.05) is 10.6 Å². The Kier molecular flexibility index (Phi) is 5.16. The van der Waals surface area contributed by atoms with Gasteiger partial charge in [-0.05, 0) is 50.6 Å². The predicted octanol–water partition coefficient (Wildman–Crippen LogP) is 3.71. The molecular weight excluding hydrogens is 302 g/mol. The summed E-state index contributed by atoms with van der Waals surface area (Å²) >= 11 is 5.80. The van der Waals surface area contributed by atoms with Crippen LogP contribution in [0, 0.1) is 6.92 Å². The third kappa shape index (κ3) is 4.60. The minimum absolute atomic E-state index is 0.0760. The van der Waals surface area contributed by atoms with Crippen molar-refractivity contribution in [3.8, 4) is 0 Å². The van der Waals surface area contributed by atoms with Crippen molar-refractivity contribution >= 4 is 34.8 Å². The lowest BCUT2D eigenvalue weighted by atomic mass is 10.2. The molecule has 0 radical (unpaired) electrons. The number of anilines is 3. The molecule has 0 saturated carbocycles. The average Bonchev–Trinajstić information content (AvgIpc) is 2.42. The van der Waals surface area contributed by atoms with Gasteiger partial charge in [0.1, 0.15) is 5.82 Å². The van der Waals surface area contributed by atoms with Gasteiger partial charge in [-0.1, -0.05) is 6.07 Å². The van der Waals surface area contributed by atoms with Crippen LogP contribution in [-0.2, 0) is 0 Å². The van der Waals surface area contributed by atoms with Crippen LogP contribution < -0.4 is 16.0 Å². The van der Waals surface area contributed by atoms with Gasteiger partial charge in [-0.15, -0.1) is 0 Å². The van der Waals surface area contributed by atoms with Gasteiger partial charge in [0.05, 0.1) is 0 Å². The molecule has 6 nitrogen and oxygen atoms in total. The zero-order valence-corrected chi connectivity index (χ0v) is 13.4. The fourth-order valence-electron chi connectivity index (χ4n) is 1.79. The van der Waals surface area contributed by atoms with E-state index < -0.39 is 0 Å². The Labute approximate surface area is 134 Å². The zero-order chi connectivity index (χ0) is 16.1. The molecule has 116 valence electrons. The second-order valence-corrected chi connectivity index (χ2v) is 5.47. The molecule has 0 aliphatic heterocycles. The van der Waals surface area contributed by atoms with E-state index in [0.717, 1.165) is 11.3 Å². The molecule has 1 aromatic heterocycles. The summed E-state index contributed by atoms with van der Waals surface area (Å²) in [7, 11) is 0. The Morgan fingerprint density at radius 2 is 2.00 bits per heavy atom. The first-order chi connectivity index (χ1) is 10.4. The van der Waals surface area contributed by atoms with Crippen LogP contribution >= 0.6 is 11.6 Å². The quantitative estimate of drug-likeness (QED) is 0.751. The third-order valence-electron chi connectivity index (χ3n) is 2.75. The molecule has 2 aromatic rings. The lowest BCUT2D eigenvalue weighted by Crippen LogP contribution is -2.34. The number of hydrogen-bond acceptors (Lipinski definition) is 4. The third-order valence-corrected chi connectivity index (χ3v) is 2.93. The summed E-state index contributed by atoms with van der Waals surface area (Å²) in [6, 6.07) is 7.17. The van der Waals surface area contributed by atoms with Crippen LogP contribution in [0.3, 0.4) is 0 Å². The summed E-state index contributed by atoms with van der Waals surface area (Å²) in [4.78, 5) is 19.8. The monoisotopic (exact) mass is 319 g/mol. The van der Waals surface area contributed by atoms with Crippen molar-refractivity contribution in [2.45, 2.75) is 26.8 Å². The van der Waals surface area contributed by atoms with Crippen LogP contribution in [0.4, 0.5) is 22.0 Å². The molecule has 0 aliphatic rings. The fourth-order valence-corrected chi connectivity index (χ4v) is 1.92. The van der Waals surface area contributed by atoms with Crippen molar-refractivity contribution < 1.29 is 4.79 Å². The minimum atomic E-state index is -0.242. The van der Waals surface area contributed by atoms with Crippen LogP contribution in [-0.4, -0.2) is 22.0 Å². The number of rotatable bonds is 4. The average molecular weight is 320 g/mol. The lowest BCUT2D eigenvalue weighted by Gasteiger charge is -2.12. The molecule has 2 amide bonds. The molecule has 0 atom stereocenters. The molecule has 3 N–H and O–H groups in total. The summed E-state index contributed by atoms with van der Waals surface area (Å²) < 4.78 is 0. The maximum absolute atomic E-state index is 11.7. The van der Waals surface area contributed by atoms with Gasteiger partial charge in [0.25, 0.3) is 0 Å². The number of urea groups is 1. The van der Waals surface area contributed by atoms with Gasteiger partial charge in [-0.25, -0.2) is 14.8 Å². The Morgan fingerprint density at radius 1 is 1.27 bits per heavy atom. The highest BCUT2D eigenvalue weighted by Crippen LogP contribution is 2.21. The largest absolute Gasteiger partial charge is 0.340 e. The first kappa shape index (κ1) is 16.0. The maximum atomic E-state index is 11.7. The maximum Gasteiger partial charge on any atom is 0.319 e. The van der Waals surface area contributed by atoms with E-state index in [1.54, 1.807) is 6.20 Å². The van der Waals surface area contributed by atoms with Gasteiger partial charge < -0.3 is 16.0 Å². The highest BCUT2D eigenvalue weighted by Gasteiger charge is 2.06. The molecular formula is C15H18ClN5O. The fraction of sp³-hybridized carbons (Fsp3) is 0.267. The van der Waals surface area contributed by atoms with E-state index in [9.17, 15) is 4.79 Å². The summed E-state index contributed by atoms with van der Waals surface area (Å²) in [5, 5.41) is 8.88. The van der Waals surface area contributed by atoms with Gasteiger partial charge >= 0.3 is 6.03 Å². The SMILES string of the molecule is Cc1cnc(Cl)nc1Nc1cccc(NC(=O)NC(C)C)c1. The minimum Gasteiger partial charge on any atom is -0.340 e. The standard InChI is InChI=1S/C15H18ClN5O/c1-9(2)18-15(22)20-12-6-4-5-11(7-12)19-13-10(3)8-17-14(16)21-13/h4-9H,1-3H3,(H,17,19,21)(H2,18,20,22). The first-order valence-electron chi connectivity index (χ1n) is 6.88. The summed E-state index contributed by atoms with van der Waals surface area (Å²) in [6.07, 6.45) is 1.65. The molecule has 1 aromatic carbocycles. The number of carbonyl (C=O) groups is 1. The zero-order valence-electron chi connectivity index (χ0n) is 12.6. The molecule has 2 rings (SSSR count). The second-order valence-electron chi connectivity index (χ2n) is 5.13. The number of halogens is 1. The number of amides is 2. The van der Waals surface area contributed by atoms with Crippen LogP contribution in [0.5, 0.6) is 0 Å². The number of nitrogens with zero attached hydrogens (tertiary/aromatic N) is 2. The highest BCUT2D eigenvalue weighted by atomic mass is 35.5. The van der Waals surface area contributed by atoms with Crippen LogP contribution in [0.1, 0.15) is 19.4 Å². The highest BCUT2D eigenvalue weighted by molar-refractivity contribution is 6.28. The number of nitrogens with one attached hydrogen (secondary N) is 3. The van der Waals surface area contributed by atoms with Gasteiger partial charge in [0.2, 0.25) is 5.28 Å². The van der Waals surface area contributed by atoms with Gasteiger partial charge in [-0.3, -0.25) is 0 Å². The van der Waals surface area contributed by atoms with Crippen molar-refractivity contribution in [3.63, 3.8) is 0 Å². The van der Waals surface area contributed by atoms with Crippen molar-refractivity contribution in [3.05, 3.63) is 41.3 Å². The molecule has 0 bridgehead atoms. The van der Waals surface area contributed by atoms with Crippen LogP contribution in [0.25, 0.3) is 0 Å². The normalized spacial score (nSPS) is 10.4. The van der Waals surface area contributed by atoms with E-state index in [4.69, 9.17) is 11.6 Å². The van der Waals surface area contributed by atoms with Crippen molar-refractivity contribution in [2.24, 2.45) is 0 Å². The topological polar surface area (TPSA) is 78.9 Å². The number of aryl methyl sites for hydroxylation is 1. The Balaban J connectivity index is 2.11. The number of carbonyl (C=O) groups excluding carboxylic acids is 1. The molecule has 7 heteroatoms. The van der Waals surface area contributed by atoms with Gasteiger partial charge in [0.15, 0.2) is 0 Å². The van der Waals surface area contributed by atoms with E-state index >= 15 is 0 Å². The molecule has 0 fully saturated rings. The summed E-state index contributed by atoms with van der Waals surface area (Å²) in [6.45, 7) is 5.69. The van der Waals surface area contributed by atoms with E-state index in [2.05, 4.69) is 25.9 Å². The van der Waals surface area contributed by atoms with Gasteiger partial charge in [0, 0.05) is 29.2 Å². The second kappa shape index (κ2) is 7.09. The predicted molar refractivity (Wildman–Crippen MR) is 88.8 cm³/mol. The van der Waals surface area contributed by atoms with Crippen LogP contribution in [0.15, 0.2) is 30.5 Å².